The Bertz CT molecular complexity index is 773. The van der Waals surface area contributed by atoms with Gasteiger partial charge in [-0.05, 0) is 32.0 Å². The van der Waals surface area contributed by atoms with Crippen molar-refractivity contribution in [3.05, 3.63) is 30.6 Å². The van der Waals surface area contributed by atoms with E-state index in [1.807, 2.05) is 5.32 Å². The Morgan fingerprint density at radius 1 is 1.24 bits per heavy atom. The van der Waals surface area contributed by atoms with E-state index in [9.17, 15) is 18.0 Å². The van der Waals surface area contributed by atoms with E-state index in [1.54, 1.807) is 12.1 Å². The van der Waals surface area contributed by atoms with Gasteiger partial charge < -0.3 is 16.4 Å². The van der Waals surface area contributed by atoms with E-state index in [4.69, 9.17) is 5.73 Å². The molecule has 4 N–H and O–H groups in total. The maximum absolute atomic E-state index is 12.2. The van der Waals surface area contributed by atoms with Gasteiger partial charge in [0.2, 0.25) is 5.91 Å². The molecule has 2 heterocycles. The van der Waals surface area contributed by atoms with Gasteiger partial charge >= 0.3 is 6.18 Å². The van der Waals surface area contributed by atoms with Gasteiger partial charge in [-0.1, -0.05) is 0 Å². The summed E-state index contributed by atoms with van der Waals surface area (Å²) in [5.41, 5.74) is 4.96. The van der Waals surface area contributed by atoms with Gasteiger partial charge in [-0.3, -0.25) is 4.79 Å². The van der Waals surface area contributed by atoms with Crippen molar-refractivity contribution in [1.29, 1.82) is 0 Å². The smallest absolute Gasteiger partial charge is 0.383 e. The summed E-state index contributed by atoms with van der Waals surface area (Å²) in [6.45, 7) is 1.48. The number of carbonyl (C=O) groups is 1. The molecule has 0 spiro atoms. The summed E-state index contributed by atoms with van der Waals surface area (Å²) in [7, 11) is 0. The molecule has 0 aromatic carbocycles. The van der Waals surface area contributed by atoms with Gasteiger partial charge in [0.05, 0.1) is 5.56 Å². The van der Waals surface area contributed by atoms with Crippen LogP contribution >= 0.6 is 0 Å². The molecular weight excluding hydrogens is 337 g/mol. The van der Waals surface area contributed by atoms with Crippen LogP contribution in [0.2, 0.25) is 0 Å². The van der Waals surface area contributed by atoms with Gasteiger partial charge in [0.15, 0.2) is 5.82 Å². The summed E-state index contributed by atoms with van der Waals surface area (Å²) in [4.78, 5) is 24.2. The van der Waals surface area contributed by atoms with Gasteiger partial charge in [0, 0.05) is 15.2 Å². The van der Waals surface area contributed by atoms with Crippen LogP contribution in [0, 0.1) is 0 Å². The van der Waals surface area contributed by atoms with Crippen LogP contribution in [-0.2, 0) is 4.79 Å². The highest BCUT2D eigenvalue weighted by Gasteiger charge is 2.33. The third-order valence-electron chi connectivity index (χ3n) is 3.19. The third-order valence-corrected chi connectivity index (χ3v) is 3.19. The number of nitrogens with zero attached hydrogens (tertiary/aromatic N) is 3. The Morgan fingerprint density at radius 3 is 2.60 bits per heavy atom. The predicted molar refractivity (Wildman–Crippen MR) is 90.7 cm³/mol. The van der Waals surface area contributed by atoms with E-state index in [-0.39, 0.29) is 20.3 Å². The van der Waals surface area contributed by atoms with Crippen molar-refractivity contribution in [2.75, 3.05) is 17.6 Å². The van der Waals surface area contributed by atoms with E-state index in [1.165, 1.54) is 32.3 Å². The fourth-order valence-electron chi connectivity index (χ4n) is 1.94. The first-order valence-corrected chi connectivity index (χ1v) is 7.26. The molecule has 0 unspecified atom stereocenters. The number of anilines is 2. The largest absolute Gasteiger partial charge is 0.405 e. The lowest BCUT2D eigenvalue weighted by molar-refractivity contribution is -0.140. The highest BCUT2D eigenvalue weighted by molar-refractivity contribution is 5.88. The second-order valence-corrected chi connectivity index (χ2v) is 5.75. The molecule has 0 saturated heterocycles. The number of rotatable bonds is 5. The average Bonchev–Trinajstić information content (AvgIpc) is 2.52. The summed E-state index contributed by atoms with van der Waals surface area (Å²) < 4.78 is 36.7. The molecule has 2 aromatic rings. The Kier molecular flexibility index (Phi) is 5.10. The fraction of sp³-hybridized carbons (Fsp3) is 0.333. The molecule has 0 radical (unpaired) electrons. The minimum atomic E-state index is -4.48. The molecular formula is C15H21F3N6O. The number of aromatic nitrogens is 3. The summed E-state index contributed by atoms with van der Waals surface area (Å²) in [5.74, 6) is -0.0322. The number of nitrogens with two attached hydrogens (primary N) is 1. The quantitative estimate of drug-likeness (QED) is 0.758. The fourth-order valence-corrected chi connectivity index (χ4v) is 1.94. The number of pyridine rings is 1. The SMILES string of the molecule is CC(C)(Nc1ccnc(-c2cccnc2N)n1)C(=O)NCC(F)(F)F.[HH].[HH]. The van der Waals surface area contributed by atoms with Crippen molar-refractivity contribution in [2.24, 2.45) is 0 Å². The van der Waals surface area contributed by atoms with Crippen molar-refractivity contribution >= 4 is 17.5 Å². The van der Waals surface area contributed by atoms with E-state index >= 15 is 0 Å². The topological polar surface area (TPSA) is 106 Å². The van der Waals surface area contributed by atoms with E-state index in [2.05, 4.69) is 20.3 Å². The second-order valence-electron chi connectivity index (χ2n) is 5.75. The molecule has 0 atom stereocenters. The van der Waals surface area contributed by atoms with Gasteiger partial charge in [-0.15, -0.1) is 0 Å². The Balaban J connectivity index is 0.00000338. The molecule has 1 amide bonds. The Morgan fingerprint density at radius 2 is 1.96 bits per heavy atom. The number of nitrogens with one attached hydrogen (secondary N) is 2. The van der Waals surface area contributed by atoms with E-state index in [0.717, 1.165) is 0 Å². The van der Waals surface area contributed by atoms with Crippen molar-refractivity contribution in [2.45, 2.75) is 25.6 Å². The number of hydrogen-bond donors (Lipinski definition) is 3. The molecule has 0 bridgehead atoms. The van der Waals surface area contributed by atoms with Crippen LogP contribution in [-0.4, -0.2) is 39.1 Å². The number of alkyl halides is 3. The van der Waals surface area contributed by atoms with Crippen molar-refractivity contribution in [3.8, 4) is 11.4 Å². The van der Waals surface area contributed by atoms with Crippen molar-refractivity contribution in [1.82, 2.24) is 20.3 Å². The zero-order valence-electron chi connectivity index (χ0n) is 13.6. The molecule has 0 fully saturated rings. The highest BCUT2D eigenvalue weighted by Crippen LogP contribution is 2.22. The standard InChI is InChI=1S/C15H17F3N6O.2H2/c1-14(2,13(25)22-8-15(16,17)18)24-10-5-7-21-12(23-10)9-4-3-6-20-11(9)19;;/h3-7H,8H2,1-2H3,(H2,19,20)(H,22,25)(H,21,23,24);2*1H. The van der Waals surface area contributed by atoms with Gasteiger partial charge in [-0.25, -0.2) is 15.0 Å². The summed E-state index contributed by atoms with van der Waals surface area (Å²) in [5, 5.41) is 4.63. The van der Waals surface area contributed by atoms with Gasteiger partial charge in [0.1, 0.15) is 23.7 Å². The molecule has 2 aromatic heterocycles. The zero-order chi connectivity index (χ0) is 18.7. The minimum absolute atomic E-state index is 0. The van der Waals surface area contributed by atoms with Crippen LogP contribution in [0.4, 0.5) is 24.8 Å². The summed E-state index contributed by atoms with van der Waals surface area (Å²) in [6.07, 6.45) is -1.51. The van der Waals surface area contributed by atoms with Crippen LogP contribution in [0.25, 0.3) is 11.4 Å². The van der Waals surface area contributed by atoms with Crippen LogP contribution in [0.15, 0.2) is 30.6 Å². The predicted octanol–water partition coefficient (Wildman–Crippen LogP) is 2.48. The first-order chi connectivity index (χ1) is 11.6. The number of halogens is 3. The molecule has 7 nitrogen and oxygen atoms in total. The van der Waals surface area contributed by atoms with Crippen molar-refractivity contribution in [3.63, 3.8) is 0 Å². The summed E-state index contributed by atoms with van der Waals surface area (Å²) in [6, 6.07) is 4.85. The zero-order valence-corrected chi connectivity index (χ0v) is 13.6. The number of carbonyl (C=O) groups excluding carboxylic acids is 1. The Hall–Kier alpha value is -2.91. The minimum Gasteiger partial charge on any atom is -0.383 e. The molecule has 2 rings (SSSR count). The monoisotopic (exact) mass is 358 g/mol. The van der Waals surface area contributed by atoms with E-state index in [0.29, 0.717) is 5.56 Å². The molecule has 0 aliphatic heterocycles. The normalized spacial score (nSPS) is 11.9. The molecule has 0 aliphatic carbocycles. The molecule has 25 heavy (non-hydrogen) atoms. The molecule has 0 saturated carbocycles. The van der Waals surface area contributed by atoms with Crippen LogP contribution < -0.4 is 16.4 Å². The van der Waals surface area contributed by atoms with Gasteiger partial charge in [0.25, 0.3) is 0 Å². The molecule has 138 valence electrons. The summed E-state index contributed by atoms with van der Waals surface area (Å²) >= 11 is 0. The van der Waals surface area contributed by atoms with Crippen LogP contribution in [0.5, 0.6) is 0 Å². The lowest BCUT2D eigenvalue weighted by Gasteiger charge is -2.26. The highest BCUT2D eigenvalue weighted by atomic mass is 19.4. The second kappa shape index (κ2) is 6.91. The molecule has 10 heteroatoms. The molecule has 0 aliphatic rings. The Labute approximate surface area is 144 Å². The number of hydrogen-bond acceptors (Lipinski definition) is 6. The van der Waals surface area contributed by atoms with Crippen molar-refractivity contribution < 1.29 is 20.8 Å². The lowest BCUT2D eigenvalue weighted by Crippen LogP contribution is -2.50. The third kappa shape index (κ3) is 5.03. The van der Waals surface area contributed by atoms with Crippen LogP contribution in [0.3, 0.4) is 0 Å². The first-order valence-electron chi connectivity index (χ1n) is 7.26. The van der Waals surface area contributed by atoms with Crippen LogP contribution in [0.1, 0.15) is 16.7 Å². The number of nitrogen functional groups attached to an aromatic ring is 1. The maximum Gasteiger partial charge on any atom is 0.405 e. The number of amides is 1. The maximum atomic E-state index is 12.2. The average molecular weight is 358 g/mol. The first kappa shape index (κ1) is 18.4. The van der Waals surface area contributed by atoms with E-state index < -0.39 is 24.2 Å². The van der Waals surface area contributed by atoms with Gasteiger partial charge in [-0.2, -0.15) is 13.2 Å². The lowest BCUT2D eigenvalue weighted by atomic mass is 10.0.